The number of nitrogens with one attached hydrogen (secondary N) is 1. The standard InChI is InChI=1S/C6H7NO2/c8-6(9)5-3-1-2-4-7-5/h1-5,7H,(H,8,9)/i5D. The molecule has 1 atom stereocenters. The summed E-state index contributed by atoms with van der Waals surface area (Å²) in [6, 6.07) is -1.67. The first kappa shape index (κ1) is 4.61. The molecule has 0 saturated heterocycles. The van der Waals surface area contributed by atoms with Crippen molar-refractivity contribution >= 4 is 5.97 Å². The number of carboxylic acid groups (broad SMARTS) is 1. The third-order valence-electron chi connectivity index (χ3n) is 0.939. The van der Waals surface area contributed by atoms with Crippen LogP contribution in [0.2, 0.25) is 0 Å². The zero-order valence-corrected chi connectivity index (χ0v) is 4.66. The summed E-state index contributed by atoms with van der Waals surface area (Å²) >= 11 is 0. The van der Waals surface area contributed by atoms with Gasteiger partial charge >= 0.3 is 5.97 Å². The minimum atomic E-state index is -1.67. The molecule has 0 radical (unpaired) electrons. The molecule has 3 nitrogen and oxygen atoms in total. The highest BCUT2D eigenvalue weighted by atomic mass is 16.4. The molecule has 1 heterocycles. The molecule has 0 saturated carbocycles. The van der Waals surface area contributed by atoms with Crippen LogP contribution in [0.15, 0.2) is 24.4 Å². The van der Waals surface area contributed by atoms with Gasteiger partial charge in [0.2, 0.25) is 0 Å². The summed E-state index contributed by atoms with van der Waals surface area (Å²) in [6.45, 7) is 0. The number of carboxylic acids is 1. The maximum absolute atomic E-state index is 10.3. The monoisotopic (exact) mass is 126 g/mol. The zero-order valence-electron chi connectivity index (χ0n) is 5.66. The van der Waals surface area contributed by atoms with Gasteiger partial charge in [0.15, 0.2) is 0 Å². The van der Waals surface area contributed by atoms with Crippen LogP contribution in [0, 0.1) is 0 Å². The molecule has 1 unspecified atom stereocenters. The van der Waals surface area contributed by atoms with E-state index in [1.807, 2.05) is 0 Å². The van der Waals surface area contributed by atoms with Crippen molar-refractivity contribution in [2.45, 2.75) is 6.02 Å². The Hall–Kier alpha value is -1.25. The van der Waals surface area contributed by atoms with Gasteiger partial charge in [0.1, 0.15) is 6.02 Å². The highest BCUT2D eigenvalue weighted by molar-refractivity contribution is 5.76. The van der Waals surface area contributed by atoms with Gasteiger partial charge in [-0.25, -0.2) is 4.79 Å². The van der Waals surface area contributed by atoms with Crippen molar-refractivity contribution < 1.29 is 11.3 Å². The molecular formula is C6H7NO2. The van der Waals surface area contributed by atoms with Gasteiger partial charge in [0, 0.05) is 0 Å². The van der Waals surface area contributed by atoms with E-state index in [0.29, 0.717) is 0 Å². The van der Waals surface area contributed by atoms with Crippen molar-refractivity contribution in [3.63, 3.8) is 0 Å². The predicted molar refractivity (Wildman–Crippen MR) is 32.8 cm³/mol. The molecule has 0 aromatic carbocycles. The molecule has 9 heavy (non-hydrogen) atoms. The Bertz CT molecular complexity index is 212. The number of hydrogen-bond donors (Lipinski definition) is 2. The van der Waals surface area contributed by atoms with E-state index < -0.39 is 12.0 Å². The summed E-state index contributed by atoms with van der Waals surface area (Å²) in [5.41, 5.74) is 0. The second kappa shape index (κ2) is 2.35. The van der Waals surface area contributed by atoms with Gasteiger partial charge in [-0.15, -0.1) is 0 Å². The molecule has 1 aliphatic rings. The normalized spacial score (nSPS) is 33.1. The molecular weight excluding hydrogens is 118 g/mol. The lowest BCUT2D eigenvalue weighted by atomic mass is 10.2. The first-order valence-corrected chi connectivity index (χ1v) is 2.51. The van der Waals surface area contributed by atoms with Crippen molar-refractivity contribution in [1.82, 2.24) is 5.32 Å². The van der Waals surface area contributed by atoms with Crippen molar-refractivity contribution in [1.29, 1.82) is 0 Å². The first-order valence-electron chi connectivity index (χ1n) is 3.01. The molecule has 1 aliphatic heterocycles. The fourth-order valence-electron chi connectivity index (χ4n) is 0.526. The zero-order chi connectivity index (χ0) is 7.61. The summed E-state index contributed by atoms with van der Waals surface area (Å²) in [5, 5.41) is 10.9. The van der Waals surface area contributed by atoms with Gasteiger partial charge in [0.05, 0.1) is 1.37 Å². The Kier molecular flexibility index (Phi) is 1.20. The van der Waals surface area contributed by atoms with E-state index in [0.717, 1.165) is 0 Å². The van der Waals surface area contributed by atoms with Crippen LogP contribution < -0.4 is 5.32 Å². The second-order valence-electron chi connectivity index (χ2n) is 1.58. The van der Waals surface area contributed by atoms with Crippen molar-refractivity contribution in [2.75, 3.05) is 0 Å². The van der Waals surface area contributed by atoms with E-state index in [-0.39, 0.29) is 0 Å². The van der Waals surface area contributed by atoms with Crippen molar-refractivity contribution in [2.24, 2.45) is 0 Å². The number of hydrogen-bond acceptors (Lipinski definition) is 2. The predicted octanol–water partition coefficient (Wildman–Crippen LogP) is 0.113. The molecule has 2 N–H and O–H groups in total. The lowest BCUT2D eigenvalue weighted by Crippen LogP contribution is -2.31. The third-order valence-corrected chi connectivity index (χ3v) is 0.939. The lowest BCUT2D eigenvalue weighted by Gasteiger charge is -2.08. The van der Waals surface area contributed by atoms with E-state index in [2.05, 4.69) is 5.32 Å². The molecule has 0 aromatic heterocycles. The molecule has 48 valence electrons. The van der Waals surface area contributed by atoms with Crippen LogP contribution in [-0.4, -0.2) is 17.1 Å². The maximum Gasteiger partial charge on any atom is 0.330 e. The molecule has 0 aliphatic carbocycles. The van der Waals surface area contributed by atoms with Gasteiger partial charge in [-0.05, 0) is 12.3 Å². The first-order chi connectivity index (χ1) is 4.65. The molecule has 0 spiro atoms. The topological polar surface area (TPSA) is 49.3 Å². The lowest BCUT2D eigenvalue weighted by molar-refractivity contribution is -0.137. The Morgan fingerprint density at radius 1 is 1.78 bits per heavy atom. The Morgan fingerprint density at radius 2 is 2.56 bits per heavy atom. The Labute approximate surface area is 54.1 Å². The number of allylic oxidation sites excluding steroid dienone is 2. The molecule has 0 bridgehead atoms. The molecule has 0 aromatic rings. The summed E-state index contributed by atoms with van der Waals surface area (Å²) in [5.74, 6) is -1.20. The van der Waals surface area contributed by atoms with Gasteiger partial charge in [-0.2, -0.15) is 0 Å². The van der Waals surface area contributed by atoms with E-state index in [4.69, 9.17) is 6.48 Å². The second-order valence-corrected chi connectivity index (χ2v) is 1.58. The minimum absolute atomic E-state index is 1.20. The van der Waals surface area contributed by atoms with Gasteiger partial charge < -0.3 is 10.4 Å². The van der Waals surface area contributed by atoms with Gasteiger partial charge in [-0.1, -0.05) is 12.2 Å². The summed E-state index contributed by atoms with van der Waals surface area (Å²) < 4.78 is 7.23. The van der Waals surface area contributed by atoms with E-state index >= 15 is 0 Å². The van der Waals surface area contributed by atoms with Crippen LogP contribution in [-0.2, 0) is 4.79 Å². The summed E-state index contributed by atoms with van der Waals surface area (Å²) in [7, 11) is 0. The smallest absolute Gasteiger partial charge is 0.330 e. The fourth-order valence-corrected chi connectivity index (χ4v) is 0.526. The minimum Gasteiger partial charge on any atom is -0.479 e. The highest BCUT2D eigenvalue weighted by Crippen LogP contribution is 1.92. The number of aliphatic carboxylic acids is 1. The number of dihydropyridines is 1. The molecule has 0 amide bonds. The van der Waals surface area contributed by atoms with Crippen molar-refractivity contribution in [3.8, 4) is 0 Å². The summed E-state index contributed by atoms with van der Waals surface area (Å²) in [4.78, 5) is 10.3. The van der Waals surface area contributed by atoms with Crippen LogP contribution in [0.5, 0.6) is 0 Å². The van der Waals surface area contributed by atoms with E-state index in [9.17, 15) is 4.79 Å². The van der Waals surface area contributed by atoms with Crippen LogP contribution in [0.25, 0.3) is 0 Å². The summed E-state index contributed by atoms with van der Waals surface area (Å²) in [6.07, 6.45) is 5.86. The Balaban J connectivity index is 2.80. The quantitative estimate of drug-likeness (QED) is 0.524. The van der Waals surface area contributed by atoms with E-state index in [1.165, 1.54) is 18.4 Å². The van der Waals surface area contributed by atoms with Crippen LogP contribution in [0.3, 0.4) is 0 Å². The average molecular weight is 126 g/mol. The maximum atomic E-state index is 10.3. The van der Waals surface area contributed by atoms with Gasteiger partial charge in [-0.3, -0.25) is 0 Å². The molecule has 3 heteroatoms. The average Bonchev–Trinajstić information content (AvgIpc) is 1.89. The van der Waals surface area contributed by atoms with Crippen molar-refractivity contribution in [3.05, 3.63) is 24.4 Å². The van der Waals surface area contributed by atoms with E-state index in [1.54, 1.807) is 6.08 Å². The van der Waals surface area contributed by atoms with Gasteiger partial charge in [0.25, 0.3) is 0 Å². The third kappa shape index (κ3) is 1.32. The van der Waals surface area contributed by atoms with Crippen LogP contribution in [0.4, 0.5) is 0 Å². The SMILES string of the molecule is [2H]C1(C(=O)O)C=CC=CN1. The largest absolute Gasteiger partial charge is 0.479 e. The fraction of sp³-hybridized carbons (Fsp3) is 0.167. The van der Waals surface area contributed by atoms with Crippen LogP contribution in [0.1, 0.15) is 1.37 Å². The Morgan fingerprint density at radius 3 is 2.89 bits per heavy atom. The molecule has 0 fully saturated rings. The number of rotatable bonds is 1. The van der Waals surface area contributed by atoms with Crippen LogP contribution >= 0.6 is 0 Å². The highest BCUT2D eigenvalue weighted by Gasteiger charge is 2.11. The molecule has 1 rings (SSSR count). The number of carbonyl (C=O) groups is 1.